The molecule has 4 aromatic rings. The lowest BCUT2D eigenvalue weighted by Crippen LogP contribution is -2.31. The van der Waals surface area contributed by atoms with E-state index in [4.69, 9.17) is 0 Å². The number of nitrogens with zero attached hydrogens (tertiary/aromatic N) is 2. The molecule has 0 saturated heterocycles. The van der Waals surface area contributed by atoms with Crippen LogP contribution in [-0.2, 0) is 13.1 Å². The van der Waals surface area contributed by atoms with Gasteiger partial charge in [0.15, 0.2) is 0 Å². The Bertz CT molecular complexity index is 1350. The second-order valence-corrected chi connectivity index (χ2v) is 9.67. The molecule has 1 aliphatic rings. The fraction of sp³-hybridized carbons (Fsp3) is 0.333. The second-order valence-electron chi connectivity index (χ2n) is 9.67. The van der Waals surface area contributed by atoms with Crippen molar-refractivity contribution in [2.24, 2.45) is 5.92 Å². The lowest BCUT2D eigenvalue weighted by atomic mass is 10.1. The molecule has 2 aromatic carbocycles. The normalized spacial score (nSPS) is 18.6. The summed E-state index contributed by atoms with van der Waals surface area (Å²) >= 11 is 0. The fourth-order valence-electron chi connectivity index (χ4n) is 4.64. The van der Waals surface area contributed by atoms with Crippen LogP contribution in [0.15, 0.2) is 60.9 Å². The van der Waals surface area contributed by atoms with E-state index in [0.717, 1.165) is 70.8 Å². The quantitative estimate of drug-likeness (QED) is 0.248. The maximum atomic E-state index is 4.58. The van der Waals surface area contributed by atoms with Gasteiger partial charge < -0.3 is 20.6 Å². The molecular weight excluding hydrogens is 444 g/mol. The summed E-state index contributed by atoms with van der Waals surface area (Å²) in [5.41, 5.74) is 6.58. The van der Waals surface area contributed by atoms with Crippen molar-refractivity contribution in [1.29, 1.82) is 0 Å². The third-order valence-corrected chi connectivity index (χ3v) is 7.21. The summed E-state index contributed by atoms with van der Waals surface area (Å²) in [4.78, 5) is 15.9. The van der Waals surface area contributed by atoms with Gasteiger partial charge in [-0.2, -0.15) is 0 Å². The Hall–Kier alpha value is -3.66. The molecule has 2 aromatic heterocycles. The Kier molecular flexibility index (Phi) is 7.04. The van der Waals surface area contributed by atoms with Crippen molar-refractivity contribution in [3.63, 3.8) is 0 Å². The minimum Gasteiger partial charge on any atom is -0.341 e. The van der Waals surface area contributed by atoms with E-state index in [1.54, 1.807) is 0 Å². The summed E-state index contributed by atoms with van der Waals surface area (Å²) < 4.78 is 0. The highest BCUT2D eigenvalue weighted by atomic mass is 15.1. The van der Waals surface area contributed by atoms with Crippen LogP contribution in [0.5, 0.6) is 0 Å². The van der Waals surface area contributed by atoms with Crippen LogP contribution in [0.3, 0.4) is 0 Å². The van der Waals surface area contributed by atoms with Gasteiger partial charge in [-0.1, -0.05) is 56.9 Å². The topological polar surface area (TPSA) is 81.4 Å². The van der Waals surface area contributed by atoms with Gasteiger partial charge in [0.05, 0.1) is 0 Å². The van der Waals surface area contributed by atoms with Gasteiger partial charge in [0.2, 0.25) is 0 Å². The molecule has 0 amide bonds. The number of hydrogen-bond acceptors (Lipinski definition) is 4. The Labute approximate surface area is 213 Å². The van der Waals surface area contributed by atoms with Gasteiger partial charge in [0.1, 0.15) is 11.6 Å². The van der Waals surface area contributed by atoms with Crippen LogP contribution in [0.1, 0.15) is 56.1 Å². The molecule has 1 unspecified atom stereocenters. The predicted octanol–water partition coefficient (Wildman–Crippen LogP) is 5.25. The summed E-state index contributed by atoms with van der Waals surface area (Å²) in [5, 5.41) is 7.02. The highest BCUT2D eigenvalue weighted by Gasteiger charge is 2.48. The van der Waals surface area contributed by atoms with Crippen LogP contribution in [0.25, 0.3) is 22.8 Å². The molecule has 0 radical (unpaired) electrons. The first kappa shape index (κ1) is 24.1. The molecule has 0 spiro atoms. The van der Waals surface area contributed by atoms with Gasteiger partial charge in [-0.05, 0) is 49.6 Å². The van der Waals surface area contributed by atoms with E-state index in [-0.39, 0.29) is 0 Å². The minimum atomic E-state index is 0.320. The summed E-state index contributed by atoms with van der Waals surface area (Å²) in [6.07, 6.45) is 6.25. The molecule has 4 N–H and O–H groups in total. The number of rotatable bonds is 9. The minimum absolute atomic E-state index is 0.320. The van der Waals surface area contributed by atoms with Gasteiger partial charge >= 0.3 is 0 Å². The third-order valence-electron chi connectivity index (χ3n) is 7.21. The second kappa shape index (κ2) is 10.5. The van der Waals surface area contributed by atoms with Crippen LogP contribution in [0.4, 0.5) is 0 Å². The zero-order valence-electron chi connectivity index (χ0n) is 21.3. The molecule has 1 saturated carbocycles. The number of H-pyrrole nitrogens is 2. The zero-order chi connectivity index (χ0) is 25.0. The molecule has 1 aliphatic carbocycles. The number of hydrogen-bond donors (Lipinski definition) is 4. The molecular formula is C30H34N6. The van der Waals surface area contributed by atoms with E-state index < -0.39 is 0 Å². The molecule has 1 fully saturated rings. The Morgan fingerprint density at radius 1 is 0.833 bits per heavy atom. The van der Waals surface area contributed by atoms with Gasteiger partial charge in [-0.15, -0.1) is 0 Å². The predicted molar refractivity (Wildman–Crippen MR) is 145 cm³/mol. The number of imidazole rings is 2. The molecule has 2 heterocycles. The summed E-state index contributed by atoms with van der Waals surface area (Å²) in [7, 11) is 0. The van der Waals surface area contributed by atoms with Crippen molar-refractivity contribution in [2.75, 3.05) is 6.54 Å². The van der Waals surface area contributed by atoms with E-state index in [1.165, 1.54) is 12.8 Å². The van der Waals surface area contributed by atoms with Gasteiger partial charge in [0.25, 0.3) is 0 Å². The summed E-state index contributed by atoms with van der Waals surface area (Å²) in [5.74, 6) is 9.05. The molecule has 0 bridgehead atoms. The molecule has 2 atom stereocenters. The van der Waals surface area contributed by atoms with E-state index in [2.05, 4.69) is 87.4 Å². The molecule has 0 aliphatic heterocycles. The standard InChI is InChI=1S/C30H34N6/c1-4-30(16-21(30)3)34-20-27-19-33-29(36-27)25-14-10-23(11-15-25)7-6-22-8-12-24(13-9-22)28-32-18-26(35-28)17-31-5-2/h8-15,18-19,21,31,34H,4-5,16-17,20H2,1-3H3,(H,32,35)(H,33,36)/t21?,30-/m0/s1. The first-order valence-electron chi connectivity index (χ1n) is 12.8. The van der Waals surface area contributed by atoms with Crippen molar-refractivity contribution >= 4 is 0 Å². The summed E-state index contributed by atoms with van der Waals surface area (Å²) in [6, 6.07) is 16.4. The van der Waals surface area contributed by atoms with E-state index in [0.29, 0.717) is 5.54 Å². The van der Waals surface area contributed by atoms with Crippen LogP contribution in [0.2, 0.25) is 0 Å². The van der Waals surface area contributed by atoms with E-state index >= 15 is 0 Å². The number of benzene rings is 2. The smallest absolute Gasteiger partial charge is 0.137 e. The molecule has 184 valence electrons. The van der Waals surface area contributed by atoms with Gasteiger partial charge in [-0.25, -0.2) is 9.97 Å². The van der Waals surface area contributed by atoms with Crippen molar-refractivity contribution in [2.45, 2.75) is 52.2 Å². The van der Waals surface area contributed by atoms with Crippen molar-refractivity contribution in [1.82, 2.24) is 30.6 Å². The van der Waals surface area contributed by atoms with Crippen molar-refractivity contribution in [3.8, 4) is 34.6 Å². The first-order chi connectivity index (χ1) is 17.6. The van der Waals surface area contributed by atoms with E-state index in [9.17, 15) is 0 Å². The molecule has 6 heteroatoms. The highest BCUT2D eigenvalue weighted by molar-refractivity contribution is 5.59. The lowest BCUT2D eigenvalue weighted by molar-refractivity contribution is 0.448. The maximum Gasteiger partial charge on any atom is 0.137 e. The van der Waals surface area contributed by atoms with Gasteiger partial charge in [0, 0.05) is 64.7 Å². The van der Waals surface area contributed by atoms with Gasteiger partial charge in [-0.3, -0.25) is 0 Å². The average molecular weight is 479 g/mol. The Balaban J connectivity index is 1.19. The van der Waals surface area contributed by atoms with Crippen LogP contribution >= 0.6 is 0 Å². The SMILES string of the molecule is CCNCc1cnc(-c2ccc(C#Cc3ccc(-c4ncc(CN[C@@]5(CC)CC5C)[nH]4)cc3)cc2)[nH]1. The first-order valence-corrected chi connectivity index (χ1v) is 12.8. The Morgan fingerprint density at radius 2 is 1.33 bits per heavy atom. The average Bonchev–Trinajstić information content (AvgIpc) is 3.27. The highest BCUT2D eigenvalue weighted by Crippen LogP contribution is 2.45. The van der Waals surface area contributed by atoms with Crippen molar-refractivity contribution in [3.05, 3.63) is 83.4 Å². The number of nitrogens with one attached hydrogen (secondary N) is 4. The number of aromatic amines is 2. The van der Waals surface area contributed by atoms with Crippen LogP contribution < -0.4 is 10.6 Å². The molecule has 36 heavy (non-hydrogen) atoms. The van der Waals surface area contributed by atoms with E-state index in [1.807, 2.05) is 36.7 Å². The summed E-state index contributed by atoms with van der Waals surface area (Å²) in [6.45, 7) is 9.22. The maximum absolute atomic E-state index is 4.58. The Morgan fingerprint density at radius 3 is 1.78 bits per heavy atom. The zero-order valence-corrected chi connectivity index (χ0v) is 21.3. The molecule has 5 rings (SSSR count). The monoisotopic (exact) mass is 478 g/mol. The third kappa shape index (κ3) is 5.43. The lowest BCUT2D eigenvalue weighted by Gasteiger charge is -2.15. The van der Waals surface area contributed by atoms with Crippen LogP contribution in [0, 0.1) is 17.8 Å². The molecule has 6 nitrogen and oxygen atoms in total. The fourth-order valence-corrected chi connectivity index (χ4v) is 4.64. The number of aromatic nitrogens is 4. The van der Waals surface area contributed by atoms with Crippen LogP contribution in [-0.4, -0.2) is 32.0 Å². The largest absolute Gasteiger partial charge is 0.341 e. The van der Waals surface area contributed by atoms with Crippen molar-refractivity contribution < 1.29 is 0 Å².